The van der Waals surface area contributed by atoms with Gasteiger partial charge in [-0.05, 0) is 78.4 Å². The monoisotopic (exact) mass is 550 g/mol. The van der Waals surface area contributed by atoms with Crippen molar-refractivity contribution in [2.45, 2.75) is 20.0 Å². The summed E-state index contributed by atoms with van der Waals surface area (Å²) in [6.07, 6.45) is 2.47. The van der Waals surface area contributed by atoms with E-state index in [1.54, 1.807) is 6.92 Å². The van der Waals surface area contributed by atoms with Crippen LogP contribution in [0.1, 0.15) is 16.7 Å². The normalized spacial score (nSPS) is 6.42. The van der Waals surface area contributed by atoms with E-state index < -0.39 is 17.5 Å². The first-order valence-electron chi connectivity index (χ1n) is 11.2. The number of aryl methyl sites for hydroxylation is 1. The molecule has 1 aromatic carbocycles. The Balaban J connectivity index is 2.53. The largest absolute Gasteiger partial charge is 0.420 e. The lowest BCUT2D eigenvalue weighted by atomic mass is 10.0. The Bertz CT molecular complexity index is 2250. The number of hydrogen-bond acceptors (Lipinski definition) is 1. The van der Waals surface area contributed by atoms with E-state index in [9.17, 15) is 13.2 Å². The lowest BCUT2D eigenvalue weighted by molar-refractivity contribution is -0.139. The second-order valence-electron chi connectivity index (χ2n) is 6.60. The van der Waals surface area contributed by atoms with Crippen molar-refractivity contribution in [3.05, 3.63) is 28.8 Å². The predicted octanol–water partition coefficient (Wildman–Crippen LogP) is 3.34. The average molecular weight is 550 g/mol. The van der Waals surface area contributed by atoms with Crippen LogP contribution in [-0.4, -0.2) is 0 Å². The summed E-state index contributed by atoms with van der Waals surface area (Å²) >= 11 is 0. The van der Waals surface area contributed by atoms with Crippen LogP contribution in [0.5, 0.6) is 5.75 Å². The van der Waals surface area contributed by atoms with Crippen LogP contribution in [0.2, 0.25) is 0 Å². The fourth-order valence-electron chi connectivity index (χ4n) is 2.15. The molecule has 0 N–H and O–H groups in total. The molecule has 0 bridgehead atoms. The van der Waals surface area contributed by atoms with E-state index in [1.807, 2.05) is 0 Å². The molecular weight excluding hydrogens is 541 g/mol. The highest BCUT2D eigenvalue weighted by Gasteiger charge is 2.36. The zero-order valence-electron chi connectivity index (χ0n) is 22.3. The molecule has 0 radical (unpaired) electrons. The fraction of sp³-hybridized carbons (Fsp3) is 0.0769. The van der Waals surface area contributed by atoms with Crippen molar-refractivity contribution in [3.63, 3.8) is 0 Å². The molecular formula is C39H9F3O. The van der Waals surface area contributed by atoms with Gasteiger partial charge in [0.25, 0.3) is 0 Å². The highest BCUT2D eigenvalue weighted by atomic mass is 19.4. The lowest BCUT2D eigenvalue weighted by Crippen LogP contribution is -2.10. The molecule has 1 nitrogen and oxygen atoms in total. The van der Waals surface area contributed by atoms with Gasteiger partial charge < -0.3 is 4.74 Å². The molecule has 0 heterocycles. The van der Waals surface area contributed by atoms with E-state index in [-0.39, 0.29) is 5.56 Å². The quantitative estimate of drug-likeness (QED) is 0.488. The second-order valence-corrected chi connectivity index (χ2v) is 6.60. The van der Waals surface area contributed by atoms with Gasteiger partial charge in [0.2, 0.25) is 0 Å². The summed E-state index contributed by atoms with van der Waals surface area (Å²) in [6.45, 7) is 2.95. The number of halogens is 3. The Morgan fingerprint density at radius 1 is 0.488 bits per heavy atom. The zero-order chi connectivity index (χ0) is 31.4. The Hall–Kier alpha value is -7.79. The molecule has 0 amide bonds. The summed E-state index contributed by atoms with van der Waals surface area (Å²) in [5.41, 5.74) is -0.312. The fourth-order valence-corrected chi connectivity index (χ4v) is 2.15. The van der Waals surface area contributed by atoms with Gasteiger partial charge in [0.05, 0.1) is 0 Å². The Morgan fingerprint density at radius 3 is 1.09 bits per heavy atom. The third-order valence-electron chi connectivity index (χ3n) is 3.89. The maximum absolute atomic E-state index is 13.3. The Labute approximate surface area is 250 Å². The minimum absolute atomic E-state index is 0.0711. The topological polar surface area (TPSA) is 9.23 Å². The van der Waals surface area contributed by atoms with Gasteiger partial charge in [-0.1, -0.05) is 6.07 Å². The summed E-state index contributed by atoms with van der Waals surface area (Å²) in [4.78, 5) is 0. The maximum atomic E-state index is 13.3. The molecule has 1 aromatic rings. The number of alkyl halides is 3. The summed E-state index contributed by atoms with van der Waals surface area (Å²) in [5, 5.41) is 0. The summed E-state index contributed by atoms with van der Waals surface area (Å²) in [6, 6.07) is 2.73. The van der Waals surface area contributed by atoms with Gasteiger partial charge in [-0.15, -0.1) is 6.42 Å². The van der Waals surface area contributed by atoms with Crippen LogP contribution in [0, 0.1) is 192 Å². The minimum atomic E-state index is -4.57. The molecule has 0 saturated carbocycles. The minimum Gasteiger partial charge on any atom is -0.406 e. The van der Waals surface area contributed by atoms with Crippen molar-refractivity contribution in [3.8, 4) is 184 Å². The molecule has 0 aliphatic rings. The van der Waals surface area contributed by atoms with E-state index in [0.29, 0.717) is 5.56 Å². The first-order valence-corrected chi connectivity index (χ1v) is 11.2. The molecule has 0 unspecified atom stereocenters. The molecule has 1 rings (SSSR count). The number of rotatable bonds is 1. The molecule has 0 saturated heterocycles. The number of ether oxygens (including phenoxy) is 1. The van der Waals surface area contributed by atoms with Crippen molar-refractivity contribution in [2.24, 2.45) is 0 Å². The van der Waals surface area contributed by atoms with Crippen molar-refractivity contribution in [1.82, 2.24) is 0 Å². The number of benzene rings is 1. The van der Waals surface area contributed by atoms with E-state index in [0.717, 1.165) is 0 Å². The first kappa shape index (κ1) is 33.2. The van der Waals surface area contributed by atoms with Gasteiger partial charge in [0.1, 0.15) is 11.7 Å². The van der Waals surface area contributed by atoms with Gasteiger partial charge in [0.15, 0.2) is 5.75 Å². The number of hydrogen-bond donors (Lipinski definition) is 0. The summed E-state index contributed by atoms with van der Waals surface area (Å²) in [5.74, 6) is 67.3. The van der Waals surface area contributed by atoms with Crippen LogP contribution in [0.25, 0.3) is 0 Å². The van der Waals surface area contributed by atoms with Crippen molar-refractivity contribution in [2.75, 3.05) is 0 Å². The van der Waals surface area contributed by atoms with Crippen molar-refractivity contribution in [1.29, 1.82) is 0 Å². The van der Waals surface area contributed by atoms with Crippen LogP contribution in [0.15, 0.2) is 12.1 Å². The maximum Gasteiger partial charge on any atom is 0.420 e. The van der Waals surface area contributed by atoms with E-state index in [1.165, 1.54) is 19.1 Å². The van der Waals surface area contributed by atoms with E-state index in [2.05, 4.69) is 172 Å². The Kier molecular flexibility index (Phi) is 16.4. The average Bonchev–Trinajstić information content (AvgIpc) is 2.97. The summed E-state index contributed by atoms with van der Waals surface area (Å²) in [7, 11) is 0. The standard InChI is InChI=1S/C39H9F3O/c1-4-5-6-7-8-9-10-11-12-13-14-15-16-17-18-19-20-21-22-23-24-25-26-27-28-29-30-31-34-43-37-33-32-35(2)36(3)38(37)39(40,41)42/h1,32-33H,2-3H3. The number of terminal acetylenes is 1. The van der Waals surface area contributed by atoms with Crippen LogP contribution < -0.4 is 4.74 Å². The second kappa shape index (κ2) is 21.2. The molecule has 0 aliphatic heterocycles. The highest BCUT2D eigenvalue weighted by Crippen LogP contribution is 2.39. The SMILES string of the molecule is C#CC#CC#CC#CC#CC#CC#CC#CC#CC#CC#CC#CC#CC#CC#COc1ccc(C)c(C)c1C(F)(F)F. The van der Waals surface area contributed by atoms with Gasteiger partial charge in [-0.25, -0.2) is 0 Å². The molecule has 0 spiro atoms. The lowest BCUT2D eigenvalue weighted by Gasteiger charge is -2.15. The summed E-state index contributed by atoms with van der Waals surface area (Å²) < 4.78 is 44.7. The molecule has 0 aliphatic carbocycles. The molecule has 0 atom stereocenters. The van der Waals surface area contributed by atoms with Crippen LogP contribution in [0.4, 0.5) is 13.2 Å². The van der Waals surface area contributed by atoms with Crippen LogP contribution in [0.3, 0.4) is 0 Å². The first-order chi connectivity index (χ1) is 20.9. The third-order valence-corrected chi connectivity index (χ3v) is 3.89. The smallest absolute Gasteiger partial charge is 0.406 e. The molecule has 43 heavy (non-hydrogen) atoms. The van der Waals surface area contributed by atoms with Gasteiger partial charge in [0, 0.05) is 118 Å². The molecule has 0 fully saturated rings. The van der Waals surface area contributed by atoms with Crippen molar-refractivity contribution < 1.29 is 17.9 Å². The molecule has 0 aromatic heterocycles. The van der Waals surface area contributed by atoms with Gasteiger partial charge in [-0.3, -0.25) is 0 Å². The van der Waals surface area contributed by atoms with Gasteiger partial charge in [-0.2, -0.15) is 13.2 Å². The molecule has 192 valence electrons. The Morgan fingerprint density at radius 2 is 0.791 bits per heavy atom. The van der Waals surface area contributed by atoms with Crippen LogP contribution in [-0.2, 0) is 6.18 Å². The van der Waals surface area contributed by atoms with Gasteiger partial charge >= 0.3 is 6.18 Å². The van der Waals surface area contributed by atoms with Crippen molar-refractivity contribution >= 4 is 0 Å². The zero-order valence-corrected chi connectivity index (χ0v) is 22.3. The van der Waals surface area contributed by atoms with E-state index in [4.69, 9.17) is 11.2 Å². The highest BCUT2D eigenvalue weighted by molar-refractivity contribution is 5.49. The predicted molar refractivity (Wildman–Crippen MR) is 159 cm³/mol. The molecule has 4 heteroatoms. The van der Waals surface area contributed by atoms with Crippen LogP contribution >= 0.6 is 0 Å². The van der Waals surface area contributed by atoms with E-state index >= 15 is 0 Å². The third kappa shape index (κ3) is 16.6.